The summed E-state index contributed by atoms with van der Waals surface area (Å²) in [5.74, 6) is 0. The summed E-state index contributed by atoms with van der Waals surface area (Å²) in [6.07, 6.45) is 2.66. The average Bonchev–Trinajstić information content (AvgIpc) is 2.56. The van der Waals surface area contributed by atoms with E-state index in [0.29, 0.717) is 0 Å². The highest BCUT2D eigenvalue weighted by molar-refractivity contribution is 7.80. The van der Waals surface area contributed by atoms with Crippen LogP contribution in [0.15, 0.2) is 29.2 Å². The fraction of sp³-hybridized carbons (Fsp3) is 0.400. The molecule has 0 N–H and O–H groups in total. The Balaban J connectivity index is 2.21. The minimum Gasteiger partial charge on any atom is -0.372 e. The molecule has 1 fully saturated rings. The Kier molecular flexibility index (Phi) is 2.26. The van der Waals surface area contributed by atoms with Crippen molar-refractivity contribution in [2.24, 2.45) is 0 Å². The number of rotatable bonds is 1. The number of hydrogen-bond donors (Lipinski definition) is 1. The van der Waals surface area contributed by atoms with Gasteiger partial charge in [-0.15, -0.1) is 12.6 Å². The van der Waals surface area contributed by atoms with Crippen LogP contribution in [0.4, 0.5) is 5.69 Å². The molecular weight excluding hydrogens is 166 g/mol. The minimum atomic E-state index is 1.06. The van der Waals surface area contributed by atoms with Crippen LogP contribution in [0.1, 0.15) is 12.8 Å². The third-order valence-electron chi connectivity index (χ3n) is 2.30. The van der Waals surface area contributed by atoms with E-state index in [1.807, 2.05) is 6.07 Å². The van der Waals surface area contributed by atoms with E-state index >= 15 is 0 Å². The van der Waals surface area contributed by atoms with E-state index in [0.717, 1.165) is 4.90 Å². The van der Waals surface area contributed by atoms with Gasteiger partial charge in [-0.05, 0) is 31.0 Å². The van der Waals surface area contributed by atoms with Crippen molar-refractivity contribution in [3.8, 4) is 0 Å². The second-order valence-electron chi connectivity index (χ2n) is 3.21. The Bertz CT molecular complexity index is 266. The molecule has 1 nitrogen and oxygen atoms in total. The standard InChI is InChI=1S/C10H13NS/c12-10-5-3-4-9(8-10)11-6-1-2-7-11/h3-5,8,12H,1-2,6-7H2. The molecule has 1 aromatic carbocycles. The van der Waals surface area contributed by atoms with Crippen molar-refractivity contribution in [1.82, 2.24) is 0 Å². The molecular formula is C10H13NS. The predicted molar refractivity (Wildman–Crippen MR) is 55.1 cm³/mol. The second-order valence-corrected chi connectivity index (χ2v) is 3.73. The fourth-order valence-corrected chi connectivity index (χ4v) is 1.88. The molecule has 0 spiro atoms. The highest BCUT2D eigenvalue weighted by Crippen LogP contribution is 2.22. The van der Waals surface area contributed by atoms with E-state index in [2.05, 4.69) is 35.7 Å². The molecule has 0 aliphatic carbocycles. The molecule has 1 saturated heterocycles. The van der Waals surface area contributed by atoms with Crippen LogP contribution in [0.25, 0.3) is 0 Å². The van der Waals surface area contributed by atoms with Gasteiger partial charge in [0.15, 0.2) is 0 Å². The smallest absolute Gasteiger partial charge is 0.0377 e. The van der Waals surface area contributed by atoms with E-state index in [1.165, 1.54) is 31.6 Å². The van der Waals surface area contributed by atoms with Crippen LogP contribution < -0.4 is 4.90 Å². The van der Waals surface area contributed by atoms with Gasteiger partial charge in [-0.25, -0.2) is 0 Å². The largest absolute Gasteiger partial charge is 0.372 e. The van der Waals surface area contributed by atoms with Crippen LogP contribution in [0.3, 0.4) is 0 Å². The third kappa shape index (κ3) is 1.58. The van der Waals surface area contributed by atoms with E-state index in [9.17, 15) is 0 Å². The lowest BCUT2D eigenvalue weighted by Gasteiger charge is -2.17. The van der Waals surface area contributed by atoms with Gasteiger partial charge in [0.1, 0.15) is 0 Å². The molecule has 1 aliphatic rings. The summed E-state index contributed by atoms with van der Waals surface area (Å²) in [5.41, 5.74) is 1.32. The first-order valence-electron chi connectivity index (χ1n) is 4.40. The van der Waals surface area contributed by atoms with E-state index < -0.39 is 0 Å². The van der Waals surface area contributed by atoms with Crippen molar-refractivity contribution in [3.63, 3.8) is 0 Å². The highest BCUT2D eigenvalue weighted by atomic mass is 32.1. The molecule has 2 rings (SSSR count). The first-order chi connectivity index (χ1) is 5.86. The number of nitrogens with zero attached hydrogens (tertiary/aromatic N) is 1. The van der Waals surface area contributed by atoms with Crippen LogP contribution in [0.2, 0.25) is 0 Å². The normalized spacial score (nSPS) is 16.9. The Morgan fingerprint density at radius 2 is 1.92 bits per heavy atom. The van der Waals surface area contributed by atoms with Gasteiger partial charge in [-0.3, -0.25) is 0 Å². The Hall–Kier alpha value is -0.630. The minimum absolute atomic E-state index is 1.06. The SMILES string of the molecule is Sc1cccc(N2CCCC2)c1. The number of benzene rings is 1. The third-order valence-corrected chi connectivity index (χ3v) is 2.58. The zero-order valence-electron chi connectivity index (χ0n) is 7.03. The topological polar surface area (TPSA) is 3.24 Å². The second kappa shape index (κ2) is 3.40. The van der Waals surface area contributed by atoms with Crippen molar-refractivity contribution in [2.45, 2.75) is 17.7 Å². The maximum atomic E-state index is 4.32. The zero-order valence-corrected chi connectivity index (χ0v) is 7.93. The molecule has 0 bridgehead atoms. The van der Waals surface area contributed by atoms with Crippen LogP contribution in [-0.4, -0.2) is 13.1 Å². The quantitative estimate of drug-likeness (QED) is 0.648. The lowest BCUT2D eigenvalue weighted by molar-refractivity contribution is 0.949. The molecule has 0 saturated carbocycles. The fourth-order valence-electron chi connectivity index (χ4n) is 1.67. The predicted octanol–water partition coefficient (Wildman–Crippen LogP) is 2.58. The maximum Gasteiger partial charge on any atom is 0.0377 e. The molecule has 0 aromatic heterocycles. The summed E-state index contributed by atoms with van der Waals surface area (Å²) in [4.78, 5) is 3.47. The Morgan fingerprint density at radius 3 is 2.58 bits per heavy atom. The molecule has 1 aromatic rings. The van der Waals surface area contributed by atoms with Crippen molar-refractivity contribution < 1.29 is 0 Å². The van der Waals surface area contributed by atoms with Gasteiger partial charge in [-0.2, -0.15) is 0 Å². The van der Waals surface area contributed by atoms with Gasteiger partial charge in [0.25, 0.3) is 0 Å². The molecule has 0 amide bonds. The van der Waals surface area contributed by atoms with Gasteiger partial charge in [0.05, 0.1) is 0 Å². The van der Waals surface area contributed by atoms with E-state index in [-0.39, 0.29) is 0 Å². The number of anilines is 1. The van der Waals surface area contributed by atoms with Crippen LogP contribution in [-0.2, 0) is 0 Å². The number of hydrogen-bond acceptors (Lipinski definition) is 2. The summed E-state index contributed by atoms with van der Waals surface area (Å²) in [7, 11) is 0. The van der Waals surface area contributed by atoms with E-state index in [4.69, 9.17) is 0 Å². The average molecular weight is 179 g/mol. The van der Waals surface area contributed by atoms with Crippen molar-refractivity contribution >= 4 is 18.3 Å². The molecule has 1 heterocycles. The van der Waals surface area contributed by atoms with Gasteiger partial charge in [-0.1, -0.05) is 6.07 Å². The molecule has 2 heteroatoms. The monoisotopic (exact) mass is 179 g/mol. The van der Waals surface area contributed by atoms with Crippen LogP contribution in [0.5, 0.6) is 0 Å². The molecule has 1 aliphatic heterocycles. The van der Waals surface area contributed by atoms with Gasteiger partial charge < -0.3 is 4.90 Å². The van der Waals surface area contributed by atoms with E-state index in [1.54, 1.807) is 0 Å². The molecule has 0 unspecified atom stereocenters. The van der Waals surface area contributed by atoms with Crippen molar-refractivity contribution in [2.75, 3.05) is 18.0 Å². The zero-order chi connectivity index (χ0) is 8.39. The first-order valence-corrected chi connectivity index (χ1v) is 4.85. The molecule has 12 heavy (non-hydrogen) atoms. The highest BCUT2D eigenvalue weighted by Gasteiger charge is 2.11. The van der Waals surface area contributed by atoms with Crippen molar-refractivity contribution in [1.29, 1.82) is 0 Å². The maximum absolute atomic E-state index is 4.32. The van der Waals surface area contributed by atoms with Gasteiger partial charge in [0.2, 0.25) is 0 Å². The van der Waals surface area contributed by atoms with Crippen LogP contribution >= 0.6 is 12.6 Å². The van der Waals surface area contributed by atoms with Crippen LogP contribution in [0, 0.1) is 0 Å². The molecule has 64 valence electrons. The summed E-state index contributed by atoms with van der Waals surface area (Å²) >= 11 is 4.32. The summed E-state index contributed by atoms with van der Waals surface area (Å²) < 4.78 is 0. The lowest BCUT2D eigenvalue weighted by Crippen LogP contribution is -2.17. The molecule has 0 radical (unpaired) electrons. The number of thiol groups is 1. The lowest BCUT2D eigenvalue weighted by atomic mass is 10.3. The summed E-state index contributed by atoms with van der Waals surface area (Å²) in [5, 5.41) is 0. The summed E-state index contributed by atoms with van der Waals surface area (Å²) in [6, 6.07) is 8.37. The Labute approximate surface area is 78.8 Å². The van der Waals surface area contributed by atoms with Crippen molar-refractivity contribution in [3.05, 3.63) is 24.3 Å². The van der Waals surface area contributed by atoms with Gasteiger partial charge in [0, 0.05) is 23.7 Å². The Morgan fingerprint density at radius 1 is 1.17 bits per heavy atom. The summed E-state index contributed by atoms with van der Waals surface area (Å²) in [6.45, 7) is 2.41. The van der Waals surface area contributed by atoms with Gasteiger partial charge >= 0.3 is 0 Å². The first kappa shape index (κ1) is 7.99. The molecule has 0 atom stereocenters.